The highest BCUT2D eigenvalue weighted by atomic mass is 16.2. The van der Waals surface area contributed by atoms with E-state index < -0.39 is 11.2 Å². The van der Waals surface area contributed by atoms with E-state index in [0.29, 0.717) is 17.7 Å². The van der Waals surface area contributed by atoms with E-state index in [9.17, 15) is 14.4 Å². The molecule has 0 saturated heterocycles. The molecule has 7 nitrogen and oxygen atoms in total. The molecule has 0 spiro atoms. The first kappa shape index (κ1) is 18.6. The molecule has 1 unspecified atom stereocenters. The van der Waals surface area contributed by atoms with Crippen LogP contribution in [0.15, 0.2) is 46.1 Å². The zero-order chi connectivity index (χ0) is 19.7. The Labute approximate surface area is 156 Å². The highest BCUT2D eigenvalue weighted by Crippen LogP contribution is 2.26. The number of fused-ring (bicyclic) bond motifs is 1. The Kier molecular flexibility index (Phi) is 4.94. The lowest BCUT2D eigenvalue weighted by atomic mass is 9.95. The van der Waals surface area contributed by atoms with Crippen LogP contribution in [0.25, 0.3) is 11.0 Å². The van der Waals surface area contributed by atoms with Gasteiger partial charge in [-0.2, -0.15) is 0 Å². The maximum atomic E-state index is 13.0. The Morgan fingerprint density at radius 2 is 1.81 bits per heavy atom. The number of anilines is 1. The van der Waals surface area contributed by atoms with Gasteiger partial charge in [-0.15, -0.1) is 0 Å². The molecular formula is C20H22N4O3. The fourth-order valence-electron chi connectivity index (χ4n) is 3.25. The summed E-state index contributed by atoms with van der Waals surface area (Å²) in [6, 6.07) is 9.51. The van der Waals surface area contributed by atoms with Gasteiger partial charge in [-0.1, -0.05) is 37.3 Å². The standard InChI is InChI=1S/C20H22N4O3/c1-5-14(13-9-7-6-8-10-13)18(25)22-16-12(2)11-21-17-15(16)19(26)24(4)20(27)23(17)3/h6-11,14H,5H2,1-4H3,(H,21,22,25). The third-order valence-corrected chi connectivity index (χ3v) is 4.83. The molecule has 2 heterocycles. The van der Waals surface area contributed by atoms with E-state index in [4.69, 9.17) is 0 Å². The lowest BCUT2D eigenvalue weighted by Gasteiger charge is -2.18. The van der Waals surface area contributed by atoms with Crippen LogP contribution in [0, 0.1) is 6.92 Å². The van der Waals surface area contributed by atoms with Gasteiger partial charge in [-0.25, -0.2) is 9.78 Å². The first-order chi connectivity index (χ1) is 12.9. The van der Waals surface area contributed by atoms with Crippen LogP contribution in [0.4, 0.5) is 5.69 Å². The van der Waals surface area contributed by atoms with Gasteiger partial charge in [0.1, 0.15) is 5.39 Å². The Balaban J connectivity index is 2.15. The lowest BCUT2D eigenvalue weighted by molar-refractivity contribution is -0.117. The summed E-state index contributed by atoms with van der Waals surface area (Å²) in [6.07, 6.45) is 2.18. The minimum absolute atomic E-state index is 0.199. The number of aryl methyl sites for hydroxylation is 2. The monoisotopic (exact) mass is 366 g/mol. The maximum Gasteiger partial charge on any atom is 0.332 e. The number of pyridine rings is 1. The molecule has 0 aliphatic heterocycles. The smallest absolute Gasteiger partial charge is 0.324 e. The van der Waals surface area contributed by atoms with Crippen molar-refractivity contribution in [1.29, 1.82) is 0 Å². The molecule has 3 aromatic rings. The van der Waals surface area contributed by atoms with Crippen LogP contribution in [0.3, 0.4) is 0 Å². The van der Waals surface area contributed by atoms with Gasteiger partial charge in [-0.3, -0.25) is 18.7 Å². The van der Waals surface area contributed by atoms with Crippen LogP contribution in [-0.2, 0) is 18.9 Å². The third-order valence-electron chi connectivity index (χ3n) is 4.83. The molecule has 0 bridgehead atoms. The first-order valence-electron chi connectivity index (χ1n) is 8.78. The van der Waals surface area contributed by atoms with Crippen molar-refractivity contribution >= 4 is 22.6 Å². The van der Waals surface area contributed by atoms with Crippen LogP contribution in [0.2, 0.25) is 0 Å². The van der Waals surface area contributed by atoms with Crippen molar-refractivity contribution in [3.05, 3.63) is 68.5 Å². The Bertz CT molecular complexity index is 1130. The van der Waals surface area contributed by atoms with Crippen molar-refractivity contribution in [1.82, 2.24) is 14.1 Å². The molecule has 27 heavy (non-hydrogen) atoms. The largest absolute Gasteiger partial charge is 0.332 e. The second-order valence-electron chi connectivity index (χ2n) is 6.58. The number of nitrogens with zero attached hydrogens (tertiary/aromatic N) is 3. The number of carbonyl (C=O) groups excluding carboxylic acids is 1. The molecule has 2 aromatic heterocycles. The van der Waals surface area contributed by atoms with E-state index in [1.807, 2.05) is 37.3 Å². The molecule has 1 atom stereocenters. The summed E-state index contributed by atoms with van der Waals surface area (Å²) < 4.78 is 2.33. The summed E-state index contributed by atoms with van der Waals surface area (Å²) in [5, 5.41) is 3.14. The molecule has 1 amide bonds. The number of amides is 1. The van der Waals surface area contributed by atoms with E-state index in [-0.39, 0.29) is 22.9 Å². The SMILES string of the molecule is CCC(C(=O)Nc1c(C)cnc2c1c(=O)n(C)c(=O)n2C)c1ccccc1. The van der Waals surface area contributed by atoms with E-state index in [1.165, 1.54) is 11.6 Å². The van der Waals surface area contributed by atoms with E-state index in [1.54, 1.807) is 20.2 Å². The predicted molar refractivity (Wildman–Crippen MR) is 105 cm³/mol. The van der Waals surface area contributed by atoms with Gasteiger partial charge in [0.2, 0.25) is 5.91 Å². The number of carbonyl (C=O) groups is 1. The number of rotatable bonds is 4. The molecule has 140 valence electrons. The topological polar surface area (TPSA) is 86.0 Å². The summed E-state index contributed by atoms with van der Waals surface area (Å²) in [5.74, 6) is -0.541. The third kappa shape index (κ3) is 3.16. The second kappa shape index (κ2) is 7.19. The quantitative estimate of drug-likeness (QED) is 0.766. The first-order valence-corrected chi connectivity index (χ1v) is 8.78. The summed E-state index contributed by atoms with van der Waals surface area (Å²) in [5.41, 5.74) is 1.28. The molecule has 0 radical (unpaired) electrons. The molecule has 0 fully saturated rings. The van der Waals surface area contributed by atoms with Crippen molar-refractivity contribution in [3.63, 3.8) is 0 Å². The predicted octanol–water partition coefficient (Wildman–Crippen LogP) is 2.07. The van der Waals surface area contributed by atoms with Crippen LogP contribution >= 0.6 is 0 Å². The molecular weight excluding hydrogens is 344 g/mol. The summed E-state index contributed by atoms with van der Waals surface area (Å²) in [7, 11) is 2.97. The lowest BCUT2D eigenvalue weighted by Crippen LogP contribution is -2.38. The van der Waals surface area contributed by atoms with Crippen LogP contribution in [0.1, 0.15) is 30.4 Å². The van der Waals surface area contributed by atoms with Gasteiger partial charge in [-0.05, 0) is 24.5 Å². The highest BCUT2D eigenvalue weighted by Gasteiger charge is 2.22. The van der Waals surface area contributed by atoms with E-state index >= 15 is 0 Å². The average Bonchev–Trinajstić information content (AvgIpc) is 2.67. The fourth-order valence-corrected chi connectivity index (χ4v) is 3.25. The van der Waals surface area contributed by atoms with Gasteiger partial charge < -0.3 is 5.32 Å². The zero-order valence-electron chi connectivity index (χ0n) is 15.8. The molecule has 7 heteroatoms. The van der Waals surface area contributed by atoms with Crippen molar-refractivity contribution < 1.29 is 4.79 Å². The van der Waals surface area contributed by atoms with Crippen LogP contribution < -0.4 is 16.6 Å². The molecule has 0 aliphatic carbocycles. The summed E-state index contributed by atoms with van der Waals surface area (Å²) in [6.45, 7) is 3.72. The molecule has 0 aliphatic rings. The summed E-state index contributed by atoms with van der Waals surface area (Å²) in [4.78, 5) is 42.1. The minimum atomic E-state index is -0.479. The fraction of sp³-hybridized carbons (Fsp3) is 0.300. The van der Waals surface area contributed by atoms with Crippen LogP contribution in [0.5, 0.6) is 0 Å². The van der Waals surface area contributed by atoms with Crippen molar-refractivity contribution in [2.45, 2.75) is 26.2 Å². The Morgan fingerprint density at radius 1 is 1.15 bits per heavy atom. The normalized spacial score (nSPS) is 12.1. The minimum Gasteiger partial charge on any atom is -0.324 e. The molecule has 1 N–H and O–H groups in total. The van der Waals surface area contributed by atoms with E-state index in [2.05, 4.69) is 10.3 Å². The molecule has 3 rings (SSSR count). The maximum absolute atomic E-state index is 13.0. The van der Waals surface area contributed by atoms with Crippen molar-refractivity contribution in [2.24, 2.45) is 14.1 Å². The zero-order valence-corrected chi connectivity index (χ0v) is 15.8. The Morgan fingerprint density at radius 3 is 2.44 bits per heavy atom. The molecule has 0 saturated carbocycles. The Hall–Kier alpha value is -3.22. The average molecular weight is 366 g/mol. The molecule has 1 aromatic carbocycles. The second-order valence-corrected chi connectivity index (χ2v) is 6.58. The number of benzene rings is 1. The van der Waals surface area contributed by atoms with Crippen molar-refractivity contribution in [3.8, 4) is 0 Å². The number of aromatic nitrogens is 3. The van der Waals surface area contributed by atoms with Gasteiger partial charge in [0.05, 0.1) is 11.6 Å². The van der Waals surface area contributed by atoms with Crippen LogP contribution in [-0.4, -0.2) is 20.0 Å². The summed E-state index contributed by atoms with van der Waals surface area (Å²) >= 11 is 0. The van der Waals surface area contributed by atoms with E-state index in [0.717, 1.165) is 10.1 Å². The number of hydrogen-bond acceptors (Lipinski definition) is 4. The van der Waals surface area contributed by atoms with Gasteiger partial charge in [0.25, 0.3) is 5.56 Å². The highest BCUT2D eigenvalue weighted by molar-refractivity contribution is 6.03. The van der Waals surface area contributed by atoms with Gasteiger partial charge in [0.15, 0.2) is 5.65 Å². The number of hydrogen-bond donors (Lipinski definition) is 1. The van der Waals surface area contributed by atoms with Gasteiger partial charge >= 0.3 is 5.69 Å². The van der Waals surface area contributed by atoms with Gasteiger partial charge in [0, 0.05) is 20.3 Å². The number of nitrogens with one attached hydrogen (secondary N) is 1. The van der Waals surface area contributed by atoms with Crippen molar-refractivity contribution in [2.75, 3.05) is 5.32 Å².